The fourth-order valence-electron chi connectivity index (χ4n) is 6.49. The third kappa shape index (κ3) is 3.74. The van der Waals surface area contributed by atoms with Gasteiger partial charge in [-0.2, -0.15) is 0 Å². The average Bonchev–Trinajstić information content (AvgIpc) is 3.53. The molecule has 0 fully saturated rings. The molecule has 3 aromatic heterocycles. The van der Waals surface area contributed by atoms with Crippen LogP contribution in [0.4, 0.5) is 5.69 Å². The van der Waals surface area contributed by atoms with E-state index in [9.17, 15) is 0 Å². The van der Waals surface area contributed by atoms with Gasteiger partial charge in [0.15, 0.2) is 0 Å². The van der Waals surface area contributed by atoms with Crippen LogP contribution < -0.4 is 5.32 Å². The summed E-state index contributed by atoms with van der Waals surface area (Å²) in [5, 5.41) is 5.94. The predicted molar refractivity (Wildman–Crippen MR) is 173 cm³/mol. The number of benzene rings is 3. The minimum absolute atomic E-state index is 0.305. The highest BCUT2D eigenvalue weighted by molar-refractivity contribution is 6.19. The molecule has 2 aliphatic heterocycles. The Morgan fingerprint density at radius 2 is 1.60 bits per heavy atom. The molecule has 0 amide bonds. The highest BCUT2D eigenvalue weighted by atomic mass is 15.0. The van der Waals surface area contributed by atoms with Crippen molar-refractivity contribution < 1.29 is 0 Å². The summed E-state index contributed by atoms with van der Waals surface area (Å²) in [6, 6.07) is 34.0. The summed E-state index contributed by atoms with van der Waals surface area (Å²) in [5.41, 5.74) is 11.1. The van der Waals surface area contributed by atoms with Crippen molar-refractivity contribution in [2.45, 2.75) is 19.3 Å². The third-order valence-electron chi connectivity index (χ3n) is 8.39. The number of nitrogens with one attached hydrogen (secondary N) is 1. The van der Waals surface area contributed by atoms with Crippen LogP contribution >= 0.6 is 0 Å². The number of allylic oxidation sites excluding steroid dienone is 2. The number of para-hydroxylation sites is 1. The highest BCUT2D eigenvalue weighted by Gasteiger charge is 2.39. The van der Waals surface area contributed by atoms with E-state index < -0.39 is 0 Å². The lowest BCUT2D eigenvalue weighted by atomic mass is 9.78. The van der Waals surface area contributed by atoms with Crippen LogP contribution in [0.5, 0.6) is 0 Å². The zero-order chi connectivity index (χ0) is 28.3. The minimum atomic E-state index is -0.305. The molecule has 0 aliphatic carbocycles. The Morgan fingerprint density at radius 3 is 2.40 bits per heavy atom. The van der Waals surface area contributed by atoms with E-state index in [-0.39, 0.29) is 5.41 Å². The molecule has 0 saturated carbocycles. The minimum Gasteiger partial charge on any atom is -0.380 e. The molecule has 202 valence electrons. The van der Waals surface area contributed by atoms with Crippen LogP contribution in [0.2, 0.25) is 0 Å². The molecule has 6 aromatic rings. The number of hydrogen-bond acceptors (Lipinski definition) is 4. The first-order chi connectivity index (χ1) is 20.6. The van der Waals surface area contributed by atoms with Gasteiger partial charge in [-0.05, 0) is 61.9 Å². The Balaban J connectivity index is 1.44. The first-order valence-corrected chi connectivity index (χ1v) is 14.4. The molecule has 42 heavy (non-hydrogen) atoms. The Morgan fingerprint density at radius 1 is 0.786 bits per heavy atom. The number of rotatable bonds is 4. The molecule has 1 N–H and O–H groups in total. The molecule has 5 heterocycles. The van der Waals surface area contributed by atoms with Crippen LogP contribution in [0.3, 0.4) is 0 Å². The second-order valence-corrected chi connectivity index (χ2v) is 11.4. The van der Waals surface area contributed by atoms with Gasteiger partial charge in [-0.15, -0.1) is 0 Å². The second kappa shape index (κ2) is 9.38. The lowest BCUT2D eigenvalue weighted by molar-refractivity contribution is 0.741. The zero-order valence-electron chi connectivity index (χ0n) is 23.5. The number of hydrogen-bond donors (Lipinski definition) is 1. The van der Waals surface area contributed by atoms with Crippen molar-refractivity contribution in [3.8, 4) is 17.1 Å². The number of dihydropyridines is 1. The maximum absolute atomic E-state index is 5.24. The van der Waals surface area contributed by atoms with Gasteiger partial charge >= 0.3 is 0 Å². The van der Waals surface area contributed by atoms with Crippen molar-refractivity contribution in [1.29, 1.82) is 0 Å². The van der Waals surface area contributed by atoms with Crippen molar-refractivity contribution >= 4 is 38.9 Å². The summed E-state index contributed by atoms with van der Waals surface area (Å²) < 4.78 is 2.41. The largest absolute Gasteiger partial charge is 0.380 e. The molecule has 0 radical (unpaired) electrons. The van der Waals surface area contributed by atoms with Crippen LogP contribution in [-0.4, -0.2) is 26.8 Å². The zero-order valence-corrected chi connectivity index (χ0v) is 23.5. The predicted octanol–water partition coefficient (Wildman–Crippen LogP) is 8.15. The molecule has 0 unspecified atom stereocenters. The summed E-state index contributed by atoms with van der Waals surface area (Å²) in [5.74, 6) is 0. The Bertz CT molecular complexity index is 2100. The number of pyridine rings is 2. The van der Waals surface area contributed by atoms with Crippen molar-refractivity contribution in [1.82, 2.24) is 19.9 Å². The molecular weight excluding hydrogens is 514 g/mol. The topological polar surface area (TPSA) is 55.1 Å². The highest BCUT2D eigenvalue weighted by Crippen LogP contribution is 2.48. The molecule has 0 saturated heterocycles. The van der Waals surface area contributed by atoms with E-state index in [2.05, 4.69) is 126 Å². The van der Waals surface area contributed by atoms with Gasteiger partial charge in [0.25, 0.3) is 0 Å². The van der Waals surface area contributed by atoms with Gasteiger partial charge in [0, 0.05) is 34.5 Å². The molecule has 5 heteroatoms. The maximum atomic E-state index is 5.24. The van der Waals surface area contributed by atoms with Gasteiger partial charge in [0.1, 0.15) is 0 Å². The van der Waals surface area contributed by atoms with E-state index in [4.69, 9.17) is 9.98 Å². The first-order valence-electron chi connectivity index (χ1n) is 14.4. The number of fused-ring (bicyclic) bond motifs is 5. The SMILES string of the molecule is CC1(C)C(c2ccccc2)=Nc2ccc3c4ccccc4n(-c4cc(C5=CC=CCN5)nc(-c5ccccn5)c4)c3c21. The standard InChI is InChI=1S/C37H29N5/c1-37(2)34-30(41-36(37)24-12-4-3-5-13-24)19-18-27-26-14-6-7-17-33(26)42(35(27)34)25-22-31(28-15-8-10-20-38-28)40-32(23-25)29-16-9-11-21-39-29/h3-20,22-23,39H,21H2,1-2H3. The van der Waals surface area contributed by atoms with Crippen LogP contribution in [0, 0.1) is 0 Å². The lowest BCUT2D eigenvalue weighted by Crippen LogP contribution is -2.27. The summed E-state index contributed by atoms with van der Waals surface area (Å²) >= 11 is 0. The van der Waals surface area contributed by atoms with E-state index in [1.54, 1.807) is 0 Å². The smallest absolute Gasteiger partial charge is 0.0915 e. The van der Waals surface area contributed by atoms with Crippen molar-refractivity contribution in [3.05, 3.63) is 138 Å². The third-order valence-corrected chi connectivity index (χ3v) is 8.39. The quantitative estimate of drug-likeness (QED) is 0.244. The molecule has 3 aromatic carbocycles. The molecule has 2 aliphatic rings. The van der Waals surface area contributed by atoms with E-state index in [1.807, 2.05) is 24.4 Å². The number of aromatic nitrogens is 3. The summed E-state index contributed by atoms with van der Waals surface area (Å²) in [4.78, 5) is 15.0. The van der Waals surface area contributed by atoms with Crippen molar-refractivity contribution in [3.63, 3.8) is 0 Å². The van der Waals surface area contributed by atoms with Crippen LogP contribution in [-0.2, 0) is 5.41 Å². The summed E-state index contributed by atoms with van der Waals surface area (Å²) in [6.45, 7) is 5.37. The van der Waals surface area contributed by atoms with Crippen molar-refractivity contribution in [2.75, 3.05) is 6.54 Å². The molecule has 0 spiro atoms. The van der Waals surface area contributed by atoms with Gasteiger partial charge in [0.05, 0.1) is 50.9 Å². The van der Waals surface area contributed by atoms with E-state index in [1.165, 1.54) is 21.9 Å². The summed E-state index contributed by atoms with van der Waals surface area (Å²) in [7, 11) is 0. The van der Waals surface area contributed by atoms with Gasteiger partial charge < -0.3 is 9.88 Å². The molecule has 0 bridgehead atoms. The fourth-order valence-corrected chi connectivity index (χ4v) is 6.49. The molecule has 5 nitrogen and oxygen atoms in total. The molecular formula is C37H29N5. The average molecular weight is 544 g/mol. The Labute approximate surface area is 244 Å². The monoisotopic (exact) mass is 543 g/mol. The van der Waals surface area contributed by atoms with Gasteiger partial charge in [0.2, 0.25) is 0 Å². The van der Waals surface area contributed by atoms with E-state index in [0.29, 0.717) is 0 Å². The second-order valence-electron chi connectivity index (χ2n) is 11.4. The summed E-state index contributed by atoms with van der Waals surface area (Å²) in [6.07, 6.45) is 8.10. The van der Waals surface area contributed by atoms with Crippen molar-refractivity contribution in [2.24, 2.45) is 4.99 Å². The van der Waals surface area contributed by atoms with Gasteiger partial charge in [-0.25, -0.2) is 4.98 Å². The van der Waals surface area contributed by atoms with E-state index >= 15 is 0 Å². The number of nitrogens with zero attached hydrogens (tertiary/aromatic N) is 4. The van der Waals surface area contributed by atoms with Gasteiger partial charge in [-0.3, -0.25) is 9.98 Å². The Kier molecular flexibility index (Phi) is 5.47. The van der Waals surface area contributed by atoms with Gasteiger partial charge in [-0.1, -0.05) is 72.8 Å². The molecule has 8 rings (SSSR count). The van der Waals surface area contributed by atoms with E-state index in [0.717, 1.165) is 57.5 Å². The molecule has 0 atom stereocenters. The Hall–Kier alpha value is -5.29. The lowest BCUT2D eigenvalue weighted by Gasteiger charge is -2.25. The van der Waals surface area contributed by atoms with Crippen LogP contribution in [0.15, 0.2) is 126 Å². The maximum Gasteiger partial charge on any atom is 0.0915 e. The fraction of sp³-hybridized carbons (Fsp3) is 0.108. The van der Waals surface area contributed by atoms with Crippen LogP contribution in [0.1, 0.15) is 30.7 Å². The first kappa shape index (κ1) is 24.5. The van der Waals surface area contributed by atoms with Crippen LogP contribution in [0.25, 0.3) is 44.6 Å². The number of aliphatic imine (C=N–C) groups is 1. The normalized spacial score (nSPS) is 15.4.